The molecule has 0 aliphatic heterocycles. The van der Waals surface area contributed by atoms with Crippen molar-refractivity contribution in [3.63, 3.8) is 0 Å². The summed E-state index contributed by atoms with van der Waals surface area (Å²) in [5.74, 6) is 0.348. The zero-order valence-electron chi connectivity index (χ0n) is 15.7. The van der Waals surface area contributed by atoms with Gasteiger partial charge in [-0.1, -0.05) is 11.6 Å². The summed E-state index contributed by atoms with van der Waals surface area (Å²) >= 11 is 5.65. The Bertz CT molecular complexity index is 872. The molecule has 0 fully saturated rings. The molecule has 0 aromatic heterocycles. The summed E-state index contributed by atoms with van der Waals surface area (Å²) in [7, 11) is 2.98. The lowest BCUT2D eigenvalue weighted by molar-refractivity contribution is -0.137. The standard InChI is InChI=1S/C19H20ClF3N2O3/c1-10-7-16(27-3)17(28-4)9-15(10)24-11(2)18(26)25-14-6-5-12(20)8-13(14)19(21,22)23/h5-9,11,24H,1-4H3,(H,25,26). The first kappa shape index (κ1) is 21.7. The van der Waals surface area contributed by atoms with Crippen molar-refractivity contribution < 1.29 is 27.4 Å². The first-order valence-corrected chi connectivity index (χ1v) is 8.61. The molecule has 0 saturated heterocycles. The zero-order chi connectivity index (χ0) is 21.1. The number of carbonyl (C=O) groups is 1. The van der Waals surface area contributed by atoms with Gasteiger partial charge in [0.1, 0.15) is 6.04 Å². The van der Waals surface area contributed by atoms with Crippen LogP contribution in [0, 0.1) is 6.92 Å². The van der Waals surface area contributed by atoms with Crippen molar-refractivity contribution in [1.29, 1.82) is 0 Å². The molecule has 0 spiro atoms. The largest absolute Gasteiger partial charge is 0.493 e. The molecule has 1 unspecified atom stereocenters. The molecule has 0 heterocycles. The van der Waals surface area contributed by atoms with Crippen LogP contribution in [0.15, 0.2) is 30.3 Å². The minimum atomic E-state index is -4.65. The summed E-state index contributed by atoms with van der Waals surface area (Å²) in [6.07, 6.45) is -4.65. The van der Waals surface area contributed by atoms with E-state index >= 15 is 0 Å². The number of alkyl halides is 3. The molecule has 1 amide bonds. The highest BCUT2D eigenvalue weighted by molar-refractivity contribution is 6.30. The summed E-state index contributed by atoms with van der Waals surface area (Å²) in [5, 5.41) is 5.20. The number of hydrogen-bond donors (Lipinski definition) is 2. The Hall–Kier alpha value is -2.61. The van der Waals surface area contributed by atoms with Crippen molar-refractivity contribution in [2.45, 2.75) is 26.1 Å². The van der Waals surface area contributed by atoms with E-state index < -0.39 is 23.7 Å². The molecule has 0 saturated carbocycles. The molecule has 1 atom stereocenters. The van der Waals surface area contributed by atoms with E-state index in [0.29, 0.717) is 17.2 Å². The van der Waals surface area contributed by atoms with Gasteiger partial charge in [-0.25, -0.2) is 0 Å². The van der Waals surface area contributed by atoms with Gasteiger partial charge in [-0.15, -0.1) is 0 Å². The van der Waals surface area contributed by atoms with Crippen molar-refractivity contribution in [3.8, 4) is 11.5 Å². The molecule has 2 N–H and O–H groups in total. The molecule has 0 aliphatic rings. The second-order valence-corrected chi connectivity index (χ2v) is 6.50. The summed E-state index contributed by atoms with van der Waals surface area (Å²) in [6.45, 7) is 3.34. The number of anilines is 2. The van der Waals surface area contributed by atoms with E-state index in [4.69, 9.17) is 21.1 Å². The van der Waals surface area contributed by atoms with Crippen molar-refractivity contribution in [1.82, 2.24) is 0 Å². The number of ether oxygens (including phenoxy) is 2. The van der Waals surface area contributed by atoms with Gasteiger partial charge in [-0.3, -0.25) is 4.79 Å². The second kappa shape index (κ2) is 8.60. The Morgan fingerprint density at radius 3 is 2.25 bits per heavy atom. The molecule has 2 aromatic rings. The summed E-state index contributed by atoms with van der Waals surface area (Å²) in [5.41, 5.74) is -0.00495. The van der Waals surface area contributed by atoms with Crippen LogP contribution < -0.4 is 20.1 Å². The fourth-order valence-electron chi connectivity index (χ4n) is 2.54. The highest BCUT2D eigenvalue weighted by Crippen LogP contribution is 2.37. The van der Waals surface area contributed by atoms with Crippen LogP contribution >= 0.6 is 11.6 Å². The van der Waals surface area contributed by atoms with Crippen LogP contribution in [0.1, 0.15) is 18.1 Å². The van der Waals surface area contributed by atoms with Crippen LogP contribution in [0.5, 0.6) is 11.5 Å². The molecule has 2 rings (SSSR count). The molecular weight excluding hydrogens is 397 g/mol. The first-order valence-electron chi connectivity index (χ1n) is 8.23. The molecule has 0 aliphatic carbocycles. The van der Waals surface area contributed by atoms with E-state index in [1.807, 2.05) is 0 Å². The van der Waals surface area contributed by atoms with Crippen molar-refractivity contribution in [3.05, 3.63) is 46.5 Å². The third kappa shape index (κ3) is 5.01. The summed E-state index contributed by atoms with van der Waals surface area (Å²) < 4.78 is 50.0. The lowest BCUT2D eigenvalue weighted by Crippen LogP contribution is -2.32. The fraction of sp³-hybridized carbons (Fsp3) is 0.316. The van der Waals surface area contributed by atoms with Crippen LogP contribution in [-0.2, 0) is 11.0 Å². The van der Waals surface area contributed by atoms with Gasteiger partial charge in [0, 0.05) is 16.8 Å². The van der Waals surface area contributed by atoms with Gasteiger partial charge in [-0.2, -0.15) is 13.2 Å². The van der Waals surface area contributed by atoms with Gasteiger partial charge >= 0.3 is 6.18 Å². The van der Waals surface area contributed by atoms with Gasteiger partial charge in [0.25, 0.3) is 0 Å². The Balaban J connectivity index is 2.21. The lowest BCUT2D eigenvalue weighted by Gasteiger charge is -2.20. The van der Waals surface area contributed by atoms with Gasteiger partial charge in [0.2, 0.25) is 5.91 Å². The van der Waals surface area contributed by atoms with E-state index in [2.05, 4.69) is 10.6 Å². The van der Waals surface area contributed by atoms with E-state index in [-0.39, 0.29) is 10.7 Å². The Labute approximate surface area is 165 Å². The van der Waals surface area contributed by atoms with Gasteiger partial charge in [0.15, 0.2) is 11.5 Å². The second-order valence-electron chi connectivity index (χ2n) is 6.07. The molecule has 0 radical (unpaired) electrons. The predicted octanol–water partition coefficient (Wildman–Crippen LogP) is 5.12. The highest BCUT2D eigenvalue weighted by Gasteiger charge is 2.34. The van der Waals surface area contributed by atoms with E-state index in [9.17, 15) is 18.0 Å². The van der Waals surface area contributed by atoms with E-state index in [1.165, 1.54) is 27.2 Å². The number of rotatable bonds is 6. The number of nitrogens with one attached hydrogen (secondary N) is 2. The quantitative estimate of drug-likeness (QED) is 0.686. The van der Waals surface area contributed by atoms with Crippen LogP contribution in [0.3, 0.4) is 0 Å². The maximum atomic E-state index is 13.2. The third-order valence-corrected chi connectivity index (χ3v) is 4.28. The molecule has 5 nitrogen and oxygen atoms in total. The third-order valence-electron chi connectivity index (χ3n) is 4.04. The number of amides is 1. The molecular formula is C19H20ClF3N2O3. The Kier molecular flexibility index (Phi) is 6.66. The maximum absolute atomic E-state index is 13.2. The van der Waals surface area contributed by atoms with Crippen LogP contribution in [0.4, 0.5) is 24.5 Å². The topological polar surface area (TPSA) is 59.6 Å². The van der Waals surface area contributed by atoms with Crippen molar-refractivity contribution in [2.24, 2.45) is 0 Å². The Morgan fingerprint density at radius 2 is 1.68 bits per heavy atom. The average molecular weight is 417 g/mol. The summed E-state index contributed by atoms with van der Waals surface area (Å²) in [6, 6.07) is 5.73. The van der Waals surface area contributed by atoms with Crippen LogP contribution in [0.2, 0.25) is 5.02 Å². The minimum Gasteiger partial charge on any atom is -0.493 e. The normalized spacial score (nSPS) is 12.3. The van der Waals surface area contributed by atoms with Gasteiger partial charge in [0.05, 0.1) is 25.5 Å². The first-order chi connectivity index (χ1) is 13.1. The van der Waals surface area contributed by atoms with Crippen molar-refractivity contribution >= 4 is 28.9 Å². The number of hydrogen-bond acceptors (Lipinski definition) is 4. The molecule has 9 heteroatoms. The average Bonchev–Trinajstić information content (AvgIpc) is 2.63. The van der Waals surface area contributed by atoms with Crippen LogP contribution in [0.25, 0.3) is 0 Å². The van der Waals surface area contributed by atoms with E-state index in [0.717, 1.165) is 17.7 Å². The molecule has 0 bridgehead atoms. The SMILES string of the molecule is COc1cc(C)c(NC(C)C(=O)Nc2ccc(Cl)cc2C(F)(F)F)cc1OC. The Morgan fingerprint density at radius 1 is 1.07 bits per heavy atom. The number of benzene rings is 2. The highest BCUT2D eigenvalue weighted by atomic mass is 35.5. The van der Waals surface area contributed by atoms with Crippen LogP contribution in [-0.4, -0.2) is 26.2 Å². The minimum absolute atomic E-state index is 0.0718. The molecule has 28 heavy (non-hydrogen) atoms. The van der Waals surface area contributed by atoms with Crippen molar-refractivity contribution in [2.75, 3.05) is 24.9 Å². The number of aryl methyl sites for hydroxylation is 1. The fourth-order valence-corrected chi connectivity index (χ4v) is 2.71. The van der Waals surface area contributed by atoms with Gasteiger partial charge < -0.3 is 20.1 Å². The number of carbonyl (C=O) groups excluding carboxylic acids is 1. The van der Waals surface area contributed by atoms with E-state index in [1.54, 1.807) is 19.1 Å². The smallest absolute Gasteiger partial charge is 0.418 e. The predicted molar refractivity (Wildman–Crippen MR) is 102 cm³/mol. The number of methoxy groups -OCH3 is 2. The molecule has 152 valence electrons. The zero-order valence-corrected chi connectivity index (χ0v) is 16.5. The summed E-state index contributed by atoms with van der Waals surface area (Å²) in [4.78, 5) is 12.4. The lowest BCUT2D eigenvalue weighted by atomic mass is 10.1. The number of halogens is 4. The monoisotopic (exact) mass is 416 g/mol. The maximum Gasteiger partial charge on any atom is 0.418 e. The molecule has 2 aromatic carbocycles. The van der Waals surface area contributed by atoms with Gasteiger partial charge in [-0.05, 0) is 43.7 Å².